The van der Waals surface area contributed by atoms with Crippen molar-refractivity contribution in [3.05, 3.63) is 26.7 Å². The minimum Gasteiger partial charge on any atom is -0.397 e. The Morgan fingerprint density at radius 3 is 2.71 bits per heavy atom. The van der Waals surface area contributed by atoms with E-state index in [2.05, 4.69) is 6.07 Å². The van der Waals surface area contributed by atoms with Gasteiger partial charge in [0.05, 0.1) is 10.0 Å². The largest absolute Gasteiger partial charge is 0.397 e. The summed E-state index contributed by atoms with van der Waals surface area (Å²) in [7, 11) is 0. The lowest BCUT2D eigenvalue weighted by atomic mass is 10.2. The van der Waals surface area contributed by atoms with Crippen LogP contribution in [0.4, 0.5) is 5.69 Å². The van der Waals surface area contributed by atoms with Crippen LogP contribution in [0.1, 0.15) is 4.88 Å². The molecule has 0 atom stereocenters. The van der Waals surface area contributed by atoms with Crippen LogP contribution in [-0.4, -0.2) is 0 Å². The van der Waals surface area contributed by atoms with Crippen LogP contribution in [0.25, 0.3) is 10.4 Å². The number of thiophene rings is 2. The SMILES string of the molecule is N#Cc1sc(-c2csc(Cl)c2)cc1N. The zero-order chi connectivity index (χ0) is 10.1. The molecule has 5 heteroatoms. The number of nitrogens with two attached hydrogens (primary N) is 1. The minimum atomic E-state index is 0.537. The summed E-state index contributed by atoms with van der Waals surface area (Å²) in [6.45, 7) is 0. The first-order valence-electron chi connectivity index (χ1n) is 3.74. The van der Waals surface area contributed by atoms with Crippen molar-refractivity contribution in [2.24, 2.45) is 0 Å². The van der Waals surface area contributed by atoms with Crippen LogP contribution in [0.2, 0.25) is 4.34 Å². The lowest BCUT2D eigenvalue weighted by molar-refractivity contribution is 1.52. The van der Waals surface area contributed by atoms with Gasteiger partial charge in [0, 0.05) is 15.8 Å². The van der Waals surface area contributed by atoms with Crippen molar-refractivity contribution >= 4 is 40.0 Å². The zero-order valence-electron chi connectivity index (χ0n) is 6.95. The number of hydrogen-bond acceptors (Lipinski definition) is 4. The molecule has 2 rings (SSSR count). The molecular weight excluding hydrogens is 236 g/mol. The summed E-state index contributed by atoms with van der Waals surface area (Å²) in [5, 5.41) is 10.7. The molecule has 0 bridgehead atoms. The fourth-order valence-electron chi connectivity index (χ4n) is 1.07. The van der Waals surface area contributed by atoms with Crippen LogP contribution in [0.15, 0.2) is 17.5 Å². The van der Waals surface area contributed by atoms with Gasteiger partial charge in [0.1, 0.15) is 10.9 Å². The van der Waals surface area contributed by atoms with Crippen LogP contribution in [0.3, 0.4) is 0 Å². The van der Waals surface area contributed by atoms with Crippen molar-refractivity contribution in [1.29, 1.82) is 5.26 Å². The van der Waals surface area contributed by atoms with Crippen molar-refractivity contribution in [2.75, 3.05) is 5.73 Å². The second-order valence-electron chi connectivity index (χ2n) is 2.65. The third-order valence-electron chi connectivity index (χ3n) is 1.71. The maximum Gasteiger partial charge on any atom is 0.128 e. The van der Waals surface area contributed by atoms with E-state index < -0.39 is 0 Å². The number of hydrogen-bond donors (Lipinski definition) is 1. The summed E-state index contributed by atoms with van der Waals surface area (Å²) < 4.78 is 0.741. The van der Waals surface area contributed by atoms with Gasteiger partial charge in [-0.15, -0.1) is 22.7 Å². The number of nitrogens with zero attached hydrogens (tertiary/aromatic N) is 1. The summed E-state index contributed by atoms with van der Waals surface area (Å²) in [5.41, 5.74) is 7.22. The van der Waals surface area contributed by atoms with Gasteiger partial charge in [-0.2, -0.15) is 5.26 Å². The van der Waals surface area contributed by atoms with E-state index in [0.717, 1.165) is 14.8 Å². The second kappa shape index (κ2) is 3.62. The Kier molecular flexibility index (Phi) is 2.46. The highest BCUT2D eigenvalue weighted by Crippen LogP contribution is 2.36. The van der Waals surface area contributed by atoms with E-state index in [0.29, 0.717) is 10.6 Å². The maximum absolute atomic E-state index is 8.74. The molecule has 0 radical (unpaired) electrons. The molecule has 0 fully saturated rings. The van der Waals surface area contributed by atoms with Crippen molar-refractivity contribution in [1.82, 2.24) is 0 Å². The molecule has 0 spiro atoms. The smallest absolute Gasteiger partial charge is 0.128 e. The van der Waals surface area contributed by atoms with E-state index in [1.54, 1.807) is 0 Å². The molecule has 0 saturated carbocycles. The Hall–Kier alpha value is -1.02. The van der Waals surface area contributed by atoms with Gasteiger partial charge in [0.25, 0.3) is 0 Å². The van der Waals surface area contributed by atoms with E-state index in [4.69, 9.17) is 22.6 Å². The topological polar surface area (TPSA) is 49.8 Å². The molecule has 2 nitrogen and oxygen atoms in total. The lowest BCUT2D eigenvalue weighted by Crippen LogP contribution is -1.81. The Labute approximate surface area is 94.2 Å². The highest BCUT2D eigenvalue weighted by molar-refractivity contribution is 7.18. The molecule has 0 aliphatic carbocycles. The quantitative estimate of drug-likeness (QED) is 0.828. The van der Waals surface area contributed by atoms with Gasteiger partial charge in [-0.3, -0.25) is 0 Å². The summed E-state index contributed by atoms with van der Waals surface area (Å²) in [5.74, 6) is 0. The van der Waals surface area contributed by atoms with E-state index >= 15 is 0 Å². The fourth-order valence-corrected chi connectivity index (χ4v) is 2.89. The van der Waals surface area contributed by atoms with Crippen LogP contribution >= 0.6 is 34.3 Å². The molecule has 0 aliphatic rings. The molecule has 2 aromatic rings. The first kappa shape index (κ1) is 9.53. The first-order chi connectivity index (χ1) is 6.70. The van der Waals surface area contributed by atoms with Crippen molar-refractivity contribution < 1.29 is 0 Å². The maximum atomic E-state index is 8.74. The Bertz CT molecular complexity index is 507. The Balaban J connectivity index is 2.48. The van der Waals surface area contributed by atoms with E-state index in [9.17, 15) is 0 Å². The fraction of sp³-hybridized carbons (Fsp3) is 0. The molecule has 2 aromatic heterocycles. The van der Waals surface area contributed by atoms with Gasteiger partial charge in [-0.1, -0.05) is 11.6 Å². The van der Waals surface area contributed by atoms with Crippen LogP contribution in [0, 0.1) is 11.3 Å². The lowest BCUT2D eigenvalue weighted by Gasteiger charge is -1.86. The van der Waals surface area contributed by atoms with Gasteiger partial charge < -0.3 is 5.73 Å². The minimum absolute atomic E-state index is 0.537. The summed E-state index contributed by atoms with van der Waals surface area (Å²) in [6, 6.07) is 5.74. The molecule has 70 valence electrons. The molecule has 2 N–H and O–H groups in total. The molecule has 0 unspecified atom stereocenters. The number of rotatable bonds is 1. The number of nitriles is 1. The predicted octanol–water partition coefficient (Wildman–Crippen LogP) is 3.58. The average molecular weight is 241 g/mol. The number of nitrogen functional groups attached to an aromatic ring is 1. The standard InChI is InChI=1S/C9H5ClN2S2/c10-9-1-5(4-13-9)7-2-6(12)8(3-11)14-7/h1-2,4H,12H2. The molecular formula is C9H5ClN2S2. The molecule has 0 aliphatic heterocycles. The highest BCUT2D eigenvalue weighted by Gasteiger charge is 2.08. The van der Waals surface area contributed by atoms with Gasteiger partial charge in [0.15, 0.2) is 0 Å². The van der Waals surface area contributed by atoms with Crippen molar-refractivity contribution in [3.63, 3.8) is 0 Å². The third kappa shape index (κ3) is 1.62. The van der Waals surface area contributed by atoms with Gasteiger partial charge in [-0.25, -0.2) is 0 Å². The van der Waals surface area contributed by atoms with Crippen LogP contribution < -0.4 is 5.73 Å². The molecule has 0 aromatic carbocycles. The first-order valence-corrected chi connectivity index (χ1v) is 5.82. The summed E-state index contributed by atoms with van der Waals surface area (Å²) in [6.07, 6.45) is 0. The van der Waals surface area contributed by atoms with Crippen molar-refractivity contribution in [3.8, 4) is 16.5 Å². The predicted molar refractivity (Wildman–Crippen MR) is 61.8 cm³/mol. The van der Waals surface area contributed by atoms with Gasteiger partial charge in [0.2, 0.25) is 0 Å². The Morgan fingerprint density at radius 1 is 1.43 bits per heavy atom. The van der Waals surface area contributed by atoms with Gasteiger partial charge in [-0.05, 0) is 12.1 Å². The molecule has 2 heterocycles. The van der Waals surface area contributed by atoms with E-state index in [1.165, 1.54) is 22.7 Å². The van der Waals surface area contributed by atoms with Crippen LogP contribution in [-0.2, 0) is 0 Å². The third-order valence-corrected chi connectivity index (χ3v) is 3.91. The summed E-state index contributed by atoms with van der Waals surface area (Å²) >= 11 is 8.68. The summed E-state index contributed by atoms with van der Waals surface area (Å²) in [4.78, 5) is 1.55. The second-order valence-corrected chi connectivity index (χ2v) is 5.24. The number of halogens is 1. The van der Waals surface area contributed by atoms with E-state index in [-0.39, 0.29) is 0 Å². The molecule has 0 amide bonds. The molecule has 14 heavy (non-hydrogen) atoms. The van der Waals surface area contributed by atoms with Crippen LogP contribution in [0.5, 0.6) is 0 Å². The zero-order valence-corrected chi connectivity index (χ0v) is 9.34. The number of anilines is 1. The average Bonchev–Trinajstić information content (AvgIpc) is 2.71. The van der Waals surface area contributed by atoms with Gasteiger partial charge >= 0.3 is 0 Å². The normalized spacial score (nSPS) is 10.0. The molecule has 0 saturated heterocycles. The monoisotopic (exact) mass is 240 g/mol. The van der Waals surface area contributed by atoms with Crippen molar-refractivity contribution in [2.45, 2.75) is 0 Å². The van der Waals surface area contributed by atoms with E-state index in [1.807, 2.05) is 17.5 Å². The Morgan fingerprint density at radius 2 is 2.21 bits per heavy atom. The highest BCUT2D eigenvalue weighted by atomic mass is 35.5.